The van der Waals surface area contributed by atoms with Gasteiger partial charge in [0.05, 0.1) is 6.42 Å². The molecule has 2 rings (SSSR count). The highest BCUT2D eigenvalue weighted by molar-refractivity contribution is 5.91. The second-order valence-corrected chi connectivity index (χ2v) is 6.22. The van der Waals surface area contributed by atoms with Crippen LogP contribution in [0.4, 0.5) is 18.9 Å². The Kier molecular flexibility index (Phi) is 5.22. The van der Waals surface area contributed by atoms with E-state index in [1.165, 1.54) is 13.2 Å². The second-order valence-electron chi connectivity index (χ2n) is 6.22. The Hall–Kier alpha value is -2.35. The third-order valence-electron chi connectivity index (χ3n) is 3.94. The lowest BCUT2D eigenvalue weighted by Gasteiger charge is -2.29. The van der Waals surface area contributed by atoms with Gasteiger partial charge in [-0.1, -0.05) is 26.0 Å². The van der Waals surface area contributed by atoms with Crippen LogP contribution < -0.4 is 5.32 Å². The maximum atomic E-state index is 13.4. The van der Waals surface area contributed by atoms with Gasteiger partial charge in [-0.15, -0.1) is 0 Å². The van der Waals surface area contributed by atoms with Crippen molar-refractivity contribution in [3.05, 3.63) is 48.0 Å². The molecule has 25 heavy (non-hydrogen) atoms. The second kappa shape index (κ2) is 6.87. The first-order chi connectivity index (χ1) is 11.5. The number of rotatable bonds is 5. The van der Waals surface area contributed by atoms with Crippen LogP contribution in [0.2, 0.25) is 0 Å². The summed E-state index contributed by atoms with van der Waals surface area (Å²) in [5.74, 6) is -1.30. The first-order valence-corrected chi connectivity index (χ1v) is 7.71. The molecule has 2 aromatic rings. The third kappa shape index (κ3) is 4.01. The zero-order valence-corrected chi connectivity index (χ0v) is 14.1. The Morgan fingerprint density at radius 1 is 1.28 bits per heavy atom. The van der Waals surface area contributed by atoms with Crippen LogP contribution in [0.15, 0.2) is 36.7 Å². The first kappa shape index (κ1) is 19.0. The van der Waals surface area contributed by atoms with E-state index in [4.69, 9.17) is 0 Å². The molecule has 0 aliphatic rings. The lowest BCUT2D eigenvalue weighted by Crippen LogP contribution is -2.46. The van der Waals surface area contributed by atoms with Gasteiger partial charge in [0.1, 0.15) is 0 Å². The average molecular weight is 355 g/mol. The molecule has 1 aromatic heterocycles. The van der Waals surface area contributed by atoms with Gasteiger partial charge in [-0.3, -0.25) is 4.79 Å². The zero-order valence-electron chi connectivity index (χ0n) is 14.1. The molecule has 5 nitrogen and oxygen atoms in total. The van der Waals surface area contributed by atoms with Crippen LogP contribution >= 0.6 is 0 Å². The Bertz CT molecular complexity index is 738. The van der Waals surface area contributed by atoms with E-state index < -0.39 is 29.9 Å². The van der Waals surface area contributed by atoms with Crippen LogP contribution in [0.1, 0.15) is 37.6 Å². The Balaban J connectivity index is 2.19. The van der Waals surface area contributed by atoms with Crippen molar-refractivity contribution in [3.8, 4) is 0 Å². The standard InChI is InChI=1S/C17H20F3N3O2/c1-11(2)12-4-6-13(7-5-12)22-14(24)10-16(25,17(18,19)20)15-21-8-9-23(15)3/h4-9,11,25H,10H2,1-3H3,(H,22,24). The number of hydrogen-bond donors (Lipinski definition) is 2. The zero-order chi connectivity index (χ0) is 18.8. The SMILES string of the molecule is CC(C)c1ccc(NC(=O)CC(O)(c2nccn2C)C(F)(F)F)cc1. The van der Waals surface area contributed by atoms with E-state index in [0.29, 0.717) is 11.6 Å². The number of imidazole rings is 1. The highest BCUT2D eigenvalue weighted by Crippen LogP contribution is 2.40. The first-order valence-electron chi connectivity index (χ1n) is 7.71. The largest absolute Gasteiger partial charge is 0.425 e. The minimum Gasteiger partial charge on any atom is -0.374 e. The summed E-state index contributed by atoms with van der Waals surface area (Å²) in [6.07, 6.45) is -3.83. The Labute approximate surface area is 143 Å². The van der Waals surface area contributed by atoms with Crippen LogP contribution in [0.3, 0.4) is 0 Å². The van der Waals surface area contributed by atoms with Gasteiger partial charge in [0, 0.05) is 25.1 Å². The van der Waals surface area contributed by atoms with Crippen molar-refractivity contribution in [2.45, 2.75) is 38.0 Å². The van der Waals surface area contributed by atoms with Gasteiger partial charge < -0.3 is 15.0 Å². The molecule has 0 aliphatic carbocycles. The van der Waals surface area contributed by atoms with Crippen LogP contribution in [0, 0.1) is 0 Å². The Morgan fingerprint density at radius 3 is 2.32 bits per heavy atom. The number of nitrogens with one attached hydrogen (secondary N) is 1. The van der Waals surface area contributed by atoms with Crippen molar-refractivity contribution in [3.63, 3.8) is 0 Å². The summed E-state index contributed by atoms with van der Waals surface area (Å²) in [4.78, 5) is 15.7. The summed E-state index contributed by atoms with van der Waals surface area (Å²) >= 11 is 0. The summed E-state index contributed by atoms with van der Waals surface area (Å²) in [5, 5.41) is 12.6. The molecule has 0 spiro atoms. The van der Waals surface area contributed by atoms with Crippen LogP contribution in [0.5, 0.6) is 0 Å². The number of anilines is 1. The fraction of sp³-hybridized carbons (Fsp3) is 0.412. The lowest BCUT2D eigenvalue weighted by molar-refractivity contribution is -0.270. The number of carbonyl (C=O) groups excluding carboxylic acids is 1. The molecule has 1 atom stereocenters. The average Bonchev–Trinajstić information content (AvgIpc) is 2.93. The normalized spacial score (nSPS) is 14.4. The predicted molar refractivity (Wildman–Crippen MR) is 86.9 cm³/mol. The molecular weight excluding hydrogens is 335 g/mol. The van der Waals surface area contributed by atoms with Gasteiger partial charge in [0.15, 0.2) is 5.82 Å². The molecule has 1 aromatic carbocycles. The molecule has 8 heteroatoms. The van der Waals surface area contributed by atoms with Gasteiger partial charge in [0.25, 0.3) is 0 Å². The molecule has 2 N–H and O–H groups in total. The quantitative estimate of drug-likeness (QED) is 0.865. The van der Waals surface area contributed by atoms with E-state index in [9.17, 15) is 23.1 Å². The van der Waals surface area contributed by atoms with Crippen molar-refractivity contribution in [1.82, 2.24) is 9.55 Å². The molecular formula is C17H20F3N3O2. The number of alkyl halides is 3. The summed E-state index contributed by atoms with van der Waals surface area (Å²) in [5.41, 5.74) is -1.97. The number of amides is 1. The molecule has 0 saturated heterocycles. The number of aromatic nitrogens is 2. The van der Waals surface area contributed by atoms with E-state index in [-0.39, 0.29) is 0 Å². The number of hydrogen-bond acceptors (Lipinski definition) is 3. The summed E-state index contributed by atoms with van der Waals surface area (Å²) in [7, 11) is 1.32. The minimum atomic E-state index is -5.05. The Morgan fingerprint density at radius 2 is 1.88 bits per heavy atom. The summed E-state index contributed by atoms with van der Waals surface area (Å²) in [6, 6.07) is 6.80. The van der Waals surface area contributed by atoms with Crippen molar-refractivity contribution in [2.75, 3.05) is 5.32 Å². The molecule has 0 fully saturated rings. The molecule has 0 radical (unpaired) electrons. The van der Waals surface area contributed by atoms with Crippen molar-refractivity contribution in [2.24, 2.45) is 7.05 Å². The van der Waals surface area contributed by atoms with Crippen molar-refractivity contribution >= 4 is 11.6 Å². The number of aryl methyl sites for hydroxylation is 1. The van der Waals surface area contributed by atoms with E-state index in [0.717, 1.165) is 16.3 Å². The number of aliphatic hydroxyl groups is 1. The molecule has 0 aliphatic heterocycles. The minimum absolute atomic E-state index is 0.295. The summed E-state index contributed by atoms with van der Waals surface area (Å²) in [6.45, 7) is 4.01. The van der Waals surface area contributed by atoms with Gasteiger partial charge in [-0.25, -0.2) is 4.98 Å². The topological polar surface area (TPSA) is 67.2 Å². The van der Waals surface area contributed by atoms with E-state index in [2.05, 4.69) is 10.3 Å². The van der Waals surface area contributed by atoms with Crippen molar-refractivity contribution in [1.29, 1.82) is 0 Å². The van der Waals surface area contributed by atoms with E-state index >= 15 is 0 Å². The number of nitrogens with zero attached hydrogens (tertiary/aromatic N) is 2. The smallest absolute Gasteiger partial charge is 0.374 e. The molecule has 1 unspecified atom stereocenters. The monoisotopic (exact) mass is 355 g/mol. The molecule has 136 valence electrons. The number of benzene rings is 1. The lowest BCUT2D eigenvalue weighted by atomic mass is 9.97. The predicted octanol–water partition coefficient (Wildman–Crippen LogP) is 3.32. The molecule has 1 heterocycles. The maximum Gasteiger partial charge on any atom is 0.425 e. The van der Waals surface area contributed by atoms with Crippen LogP contribution in [-0.2, 0) is 17.4 Å². The van der Waals surface area contributed by atoms with Gasteiger partial charge in [-0.2, -0.15) is 13.2 Å². The van der Waals surface area contributed by atoms with Gasteiger partial charge in [0.2, 0.25) is 11.5 Å². The van der Waals surface area contributed by atoms with Gasteiger partial charge in [-0.05, 0) is 23.6 Å². The van der Waals surface area contributed by atoms with Gasteiger partial charge >= 0.3 is 6.18 Å². The molecule has 0 saturated carbocycles. The number of halogens is 3. The van der Waals surface area contributed by atoms with E-state index in [1.54, 1.807) is 24.3 Å². The maximum absolute atomic E-state index is 13.4. The third-order valence-corrected chi connectivity index (χ3v) is 3.94. The van der Waals surface area contributed by atoms with Crippen molar-refractivity contribution < 1.29 is 23.1 Å². The number of carbonyl (C=O) groups is 1. The molecule has 0 bridgehead atoms. The highest BCUT2D eigenvalue weighted by atomic mass is 19.4. The fourth-order valence-electron chi connectivity index (χ4n) is 2.46. The van der Waals surface area contributed by atoms with Crippen LogP contribution in [0.25, 0.3) is 0 Å². The van der Waals surface area contributed by atoms with Crippen LogP contribution in [-0.4, -0.2) is 26.7 Å². The summed E-state index contributed by atoms with van der Waals surface area (Å²) < 4.78 is 41.3. The van der Waals surface area contributed by atoms with E-state index in [1.807, 2.05) is 13.8 Å². The molecule has 1 amide bonds. The highest BCUT2D eigenvalue weighted by Gasteiger charge is 2.58. The fourth-order valence-corrected chi connectivity index (χ4v) is 2.46.